The van der Waals surface area contributed by atoms with Gasteiger partial charge in [-0.05, 0) is 43.2 Å². The first-order valence-corrected chi connectivity index (χ1v) is 11.0. The summed E-state index contributed by atoms with van der Waals surface area (Å²) in [5.74, 6) is 0.489. The van der Waals surface area contributed by atoms with E-state index in [-0.39, 0.29) is 17.6 Å². The number of aromatic nitrogens is 3. The Morgan fingerprint density at radius 3 is 2.88 bits per heavy atom. The lowest BCUT2D eigenvalue weighted by Crippen LogP contribution is -2.40. The molecule has 0 saturated carbocycles. The maximum absolute atomic E-state index is 12.8. The average Bonchev–Trinajstić information content (AvgIpc) is 3.35. The molecule has 2 unspecified atom stereocenters. The molecule has 4 aromatic rings. The van der Waals surface area contributed by atoms with Crippen molar-refractivity contribution in [1.82, 2.24) is 19.4 Å². The molecule has 2 aliphatic rings. The van der Waals surface area contributed by atoms with Gasteiger partial charge in [0.25, 0.3) is 5.56 Å². The lowest BCUT2D eigenvalue weighted by molar-refractivity contribution is 0.117. The molecule has 2 bridgehead atoms. The van der Waals surface area contributed by atoms with Crippen LogP contribution in [0.25, 0.3) is 16.6 Å². The van der Waals surface area contributed by atoms with Crippen LogP contribution < -0.4 is 10.3 Å². The summed E-state index contributed by atoms with van der Waals surface area (Å²) in [6, 6.07) is 14.6. The highest BCUT2D eigenvalue weighted by Crippen LogP contribution is 2.46. The standard InChI is InChI=1S/C25H22N4O4/c30-23-13-18(33-14-15-3-1-2-9-26-15)8-10-28(23)16-4-6-19-20(11-16)27-21-12-17-5-7-22(24(19)21)29(17)25(31)32/h1-4,6,8-11,13,17,22,27H,5,7,12,14H2,(H,31,32). The molecular weight excluding hydrogens is 420 g/mol. The van der Waals surface area contributed by atoms with Crippen LogP contribution in [0.3, 0.4) is 0 Å². The van der Waals surface area contributed by atoms with Crippen molar-refractivity contribution in [2.75, 3.05) is 0 Å². The van der Waals surface area contributed by atoms with Gasteiger partial charge in [0.05, 0.1) is 17.4 Å². The Balaban J connectivity index is 1.30. The van der Waals surface area contributed by atoms with E-state index >= 15 is 0 Å². The van der Waals surface area contributed by atoms with E-state index in [4.69, 9.17) is 4.74 Å². The van der Waals surface area contributed by atoms with Crippen LogP contribution in [0.15, 0.2) is 65.7 Å². The summed E-state index contributed by atoms with van der Waals surface area (Å²) < 4.78 is 7.28. The molecule has 0 radical (unpaired) electrons. The molecule has 0 spiro atoms. The number of hydrogen-bond acceptors (Lipinski definition) is 4. The zero-order valence-electron chi connectivity index (χ0n) is 17.8. The number of carboxylic acid groups (broad SMARTS) is 1. The Morgan fingerprint density at radius 1 is 1.18 bits per heavy atom. The molecule has 6 rings (SSSR count). The third kappa shape index (κ3) is 3.26. The summed E-state index contributed by atoms with van der Waals surface area (Å²) in [6.07, 6.45) is 4.99. The summed E-state index contributed by atoms with van der Waals surface area (Å²) in [5.41, 5.74) is 4.44. The predicted octanol–water partition coefficient (Wildman–Crippen LogP) is 4.03. The zero-order chi connectivity index (χ0) is 22.5. The molecule has 33 heavy (non-hydrogen) atoms. The Kier molecular flexibility index (Phi) is 4.46. The highest BCUT2D eigenvalue weighted by Gasteiger charge is 2.44. The van der Waals surface area contributed by atoms with Gasteiger partial charge in [-0.2, -0.15) is 0 Å². The van der Waals surface area contributed by atoms with Crippen molar-refractivity contribution in [3.8, 4) is 11.4 Å². The predicted molar refractivity (Wildman–Crippen MR) is 122 cm³/mol. The lowest BCUT2D eigenvalue weighted by Gasteiger charge is -2.32. The number of ether oxygens (including phenoxy) is 1. The first kappa shape index (κ1) is 19.6. The number of H-pyrrole nitrogens is 1. The second-order valence-electron chi connectivity index (χ2n) is 8.57. The normalized spacial score (nSPS) is 19.0. The fraction of sp³-hybridized carbons (Fsp3) is 0.240. The lowest BCUT2D eigenvalue weighted by atomic mass is 9.97. The van der Waals surface area contributed by atoms with Gasteiger partial charge in [-0.3, -0.25) is 19.2 Å². The second kappa shape index (κ2) is 7.51. The van der Waals surface area contributed by atoms with Gasteiger partial charge in [-0.15, -0.1) is 0 Å². The van der Waals surface area contributed by atoms with Crippen LogP contribution in [-0.2, 0) is 13.0 Å². The molecule has 2 aliphatic heterocycles. The van der Waals surface area contributed by atoms with Gasteiger partial charge in [0.2, 0.25) is 0 Å². The van der Waals surface area contributed by atoms with Gasteiger partial charge in [0, 0.05) is 53.1 Å². The van der Waals surface area contributed by atoms with Gasteiger partial charge in [0.15, 0.2) is 0 Å². The van der Waals surface area contributed by atoms with E-state index in [1.807, 2.05) is 36.4 Å². The number of hydrogen-bond donors (Lipinski definition) is 2. The minimum Gasteiger partial charge on any atom is -0.487 e. The van der Waals surface area contributed by atoms with Crippen molar-refractivity contribution in [1.29, 1.82) is 0 Å². The SMILES string of the molecule is O=C(O)N1C2CCC1c1c([nH]c3cc(-n4ccc(OCc5ccccn5)cc4=O)ccc13)C2. The molecule has 1 aromatic carbocycles. The zero-order valence-corrected chi connectivity index (χ0v) is 17.8. The van der Waals surface area contributed by atoms with Crippen LogP contribution in [0.2, 0.25) is 0 Å². The van der Waals surface area contributed by atoms with Crippen LogP contribution in [0.1, 0.15) is 35.8 Å². The molecular formula is C25H22N4O4. The molecule has 1 saturated heterocycles. The van der Waals surface area contributed by atoms with E-state index in [0.29, 0.717) is 18.8 Å². The van der Waals surface area contributed by atoms with Gasteiger partial charge in [0.1, 0.15) is 12.4 Å². The minimum atomic E-state index is -0.851. The second-order valence-corrected chi connectivity index (χ2v) is 8.57. The number of nitrogens with zero attached hydrogens (tertiary/aromatic N) is 3. The summed E-state index contributed by atoms with van der Waals surface area (Å²) >= 11 is 0. The number of nitrogens with one attached hydrogen (secondary N) is 1. The Morgan fingerprint density at radius 2 is 2.09 bits per heavy atom. The minimum absolute atomic E-state index is 0.0359. The topological polar surface area (TPSA) is 100 Å². The third-order valence-corrected chi connectivity index (χ3v) is 6.68. The van der Waals surface area contributed by atoms with Gasteiger partial charge in [-0.25, -0.2) is 4.79 Å². The molecule has 8 nitrogen and oxygen atoms in total. The van der Waals surface area contributed by atoms with Crippen molar-refractivity contribution in [2.24, 2.45) is 0 Å². The van der Waals surface area contributed by atoms with E-state index in [9.17, 15) is 14.7 Å². The van der Waals surface area contributed by atoms with Crippen molar-refractivity contribution < 1.29 is 14.6 Å². The van der Waals surface area contributed by atoms with Gasteiger partial charge in [-0.1, -0.05) is 12.1 Å². The van der Waals surface area contributed by atoms with E-state index < -0.39 is 6.09 Å². The molecule has 1 fully saturated rings. The average molecular weight is 442 g/mol. The van der Waals surface area contributed by atoms with Gasteiger partial charge < -0.3 is 14.8 Å². The Bertz CT molecular complexity index is 1430. The molecule has 1 amide bonds. The smallest absolute Gasteiger partial charge is 0.408 e. The third-order valence-electron chi connectivity index (χ3n) is 6.68. The molecule has 8 heteroatoms. The fourth-order valence-corrected chi connectivity index (χ4v) is 5.25. The summed E-state index contributed by atoms with van der Waals surface area (Å²) in [6.45, 7) is 0.291. The van der Waals surface area contributed by atoms with Crippen LogP contribution in [0.4, 0.5) is 4.79 Å². The molecule has 2 atom stereocenters. The van der Waals surface area contributed by atoms with E-state index in [1.165, 1.54) is 6.07 Å². The Labute approximate surface area is 189 Å². The van der Waals surface area contributed by atoms with E-state index in [0.717, 1.165) is 46.4 Å². The molecule has 3 aromatic heterocycles. The summed E-state index contributed by atoms with van der Waals surface area (Å²) in [5, 5.41) is 10.7. The van der Waals surface area contributed by atoms with Gasteiger partial charge >= 0.3 is 6.09 Å². The molecule has 5 heterocycles. The maximum Gasteiger partial charge on any atom is 0.408 e. The number of carbonyl (C=O) groups is 1. The number of amides is 1. The maximum atomic E-state index is 12.8. The number of aromatic amines is 1. The van der Waals surface area contributed by atoms with Crippen LogP contribution in [0.5, 0.6) is 5.75 Å². The van der Waals surface area contributed by atoms with Crippen molar-refractivity contribution in [3.05, 3.63) is 88.2 Å². The van der Waals surface area contributed by atoms with Crippen molar-refractivity contribution >= 4 is 17.0 Å². The summed E-state index contributed by atoms with van der Waals surface area (Å²) in [7, 11) is 0. The fourth-order valence-electron chi connectivity index (χ4n) is 5.25. The van der Waals surface area contributed by atoms with Crippen molar-refractivity contribution in [3.63, 3.8) is 0 Å². The van der Waals surface area contributed by atoms with Crippen LogP contribution in [0, 0.1) is 0 Å². The molecule has 0 aliphatic carbocycles. The number of pyridine rings is 2. The number of rotatable bonds is 4. The van der Waals surface area contributed by atoms with E-state index in [1.54, 1.807) is 27.9 Å². The van der Waals surface area contributed by atoms with Crippen LogP contribution in [-0.4, -0.2) is 36.7 Å². The van der Waals surface area contributed by atoms with Crippen molar-refractivity contribution in [2.45, 2.75) is 38.0 Å². The largest absolute Gasteiger partial charge is 0.487 e. The monoisotopic (exact) mass is 442 g/mol. The molecule has 166 valence electrons. The Hall–Kier alpha value is -4.07. The number of benzene rings is 1. The van der Waals surface area contributed by atoms with Crippen LogP contribution >= 0.6 is 0 Å². The quantitative estimate of drug-likeness (QED) is 0.497. The van der Waals surface area contributed by atoms with E-state index in [2.05, 4.69) is 9.97 Å². The summed E-state index contributed by atoms with van der Waals surface area (Å²) in [4.78, 5) is 33.9. The molecule has 2 N–H and O–H groups in total. The first-order chi connectivity index (χ1) is 16.1. The highest BCUT2D eigenvalue weighted by molar-refractivity contribution is 5.88. The highest BCUT2D eigenvalue weighted by atomic mass is 16.5. The number of fused-ring (bicyclic) bond motifs is 6. The first-order valence-electron chi connectivity index (χ1n) is 11.0.